The van der Waals surface area contributed by atoms with E-state index in [-0.39, 0.29) is 0 Å². The summed E-state index contributed by atoms with van der Waals surface area (Å²) in [6.07, 6.45) is 2.91. The number of likely N-dealkylation sites (tertiary alicyclic amines) is 1. The van der Waals surface area contributed by atoms with Gasteiger partial charge in [0, 0.05) is 11.9 Å². The number of aromatic nitrogens is 3. The summed E-state index contributed by atoms with van der Waals surface area (Å²) < 4.78 is 23.9. The number of nitrogens with one attached hydrogen (secondary N) is 1. The van der Waals surface area contributed by atoms with Crippen LogP contribution in [0.3, 0.4) is 0 Å². The second kappa shape index (κ2) is 16.8. The summed E-state index contributed by atoms with van der Waals surface area (Å²) >= 11 is 0. The van der Waals surface area contributed by atoms with Crippen molar-refractivity contribution in [2.24, 2.45) is 0 Å². The van der Waals surface area contributed by atoms with Crippen LogP contribution in [0.25, 0.3) is 10.9 Å². The summed E-state index contributed by atoms with van der Waals surface area (Å²) in [5, 5.41) is 7.81. The maximum atomic E-state index is 11.9. The Hall–Kier alpha value is -2.35. The van der Waals surface area contributed by atoms with Crippen molar-refractivity contribution in [2.75, 3.05) is 19.3 Å². The summed E-state index contributed by atoms with van der Waals surface area (Å²) in [5.41, 5.74) is 7.46. The van der Waals surface area contributed by atoms with Crippen LogP contribution in [0.5, 0.6) is 0 Å². The highest BCUT2D eigenvalue weighted by Crippen LogP contribution is 2.20. The van der Waals surface area contributed by atoms with E-state index in [1.807, 2.05) is 40.7 Å². The molecule has 2 aromatic heterocycles. The number of carbonyl (C=O) groups is 1. The van der Waals surface area contributed by atoms with Gasteiger partial charge in [-0.3, -0.25) is 14.8 Å². The minimum Gasteiger partial charge on any atom is -0.383 e. The predicted octanol–water partition coefficient (Wildman–Crippen LogP) is 4.62. The number of alkyl halides is 2. The lowest BCUT2D eigenvalue weighted by Gasteiger charge is -2.17. The predicted molar refractivity (Wildman–Crippen MR) is 114 cm³/mol. The fourth-order valence-corrected chi connectivity index (χ4v) is 2.40. The van der Waals surface area contributed by atoms with Crippen molar-refractivity contribution in [3.63, 3.8) is 0 Å². The third-order valence-electron chi connectivity index (χ3n) is 3.64. The van der Waals surface area contributed by atoms with Gasteiger partial charge >= 0.3 is 0 Å². The number of anilines is 1. The molecule has 1 atom stereocenters. The van der Waals surface area contributed by atoms with Gasteiger partial charge < -0.3 is 5.73 Å². The van der Waals surface area contributed by atoms with Gasteiger partial charge in [0.2, 0.25) is 0 Å². The molecule has 3 heterocycles. The minimum absolute atomic E-state index is 0.468. The number of hydrogen-bond donors (Lipinski definition) is 2. The number of carbonyl (C=O) groups excluding carboxylic acids is 1. The van der Waals surface area contributed by atoms with Crippen molar-refractivity contribution in [1.29, 1.82) is 0 Å². The Kier molecular flexibility index (Phi) is 16.7. The third kappa shape index (κ3) is 9.55. The molecule has 0 saturated carbocycles. The molecule has 160 valence electrons. The van der Waals surface area contributed by atoms with Gasteiger partial charge in [-0.15, -0.1) is 0 Å². The standard InChI is InChI=1S/C7H8N4.C6H11F2N.C3H4O.2C2H6/c1-4-6-5(11-10-4)2-3-9-7(6)8;1-9-4-2-3-5(9)6(7)8;1-2-3-4;2*1-2/h2-3H,1H3,(H2,8,9)(H,10,11);5-6H,2-4H2,1H3;2-3H,1H2;2*1-2H3. The number of halogens is 2. The number of aldehydes is 1. The molecule has 3 N–H and O–H groups in total. The highest BCUT2D eigenvalue weighted by Gasteiger charge is 2.28. The van der Waals surface area contributed by atoms with Crippen molar-refractivity contribution >= 4 is 23.0 Å². The normalized spacial score (nSPS) is 15.0. The fourth-order valence-electron chi connectivity index (χ4n) is 2.40. The third-order valence-corrected chi connectivity index (χ3v) is 3.64. The Morgan fingerprint density at radius 3 is 2.29 bits per heavy atom. The van der Waals surface area contributed by atoms with Crippen molar-refractivity contribution in [1.82, 2.24) is 20.1 Å². The number of nitrogen functional groups attached to an aromatic ring is 1. The average molecular weight is 400 g/mol. The van der Waals surface area contributed by atoms with E-state index in [0.717, 1.165) is 29.6 Å². The van der Waals surface area contributed by atoms with Crippen molar-refractivity contribution in [3.05, 3.63) is 30.6 Å². The summed E-state index contributed by atoms with van der Waals surface area (Å²) in [5.74, 6) is 0.536. The summed E-state index contributed by atoms with van der Waals surface area (Å²) in [6, 6.07) is 1.36. The topological polar surface area (TPSA) is 87.9 Å². The summed E-state index contributed by atoms with van der Waals surface area (Å²) in [7, 11) is 1.75. The number of pyridine rings is 1. The molecule has 1 unspecified atom stereocenters. The quantitative estimate of drug-likeness (QED) is 0.568. The number of allylic oxidation sites excluding steroid dienone is 1. The summed E-state index contributed by atoms with van der Waals surface area (Å²) in [4.78, 5) is 14.7. The zero-order valence-corrected chi connectivity index (χ0v) is 17.9. The van der Waals surface area contributed by atoms with Crippen LogP contribution in [0.1, 0.15) is 46.2 Å². The molecule has 8 heteroatoms. The van der Waals surface area contributed by atoms with Crippen LogP contribution in [-0.4, -0.2) is 52.4 Å². The molecule has 0 radical (unpaired) electrons. The van der Waals surface area contributed by atoms with Crippen molar-refractivity contribution < 1.29 is 13.6 Å². The first-order valence-corrected chi connectivity index (χ1v) is 9.52. The van der Waals surface area contributed by atoms with E-state index in [9.17, 15) is 8.78 Å². The van der Waals surface area contributed by atoms with Gasteiger partial charge in [0.25, 0.3) is 6.43 Å². The molecule has 0 spiro atoms. The molecule has 28 heavy (non-hydrogen) atoms. The number of fused-ring (bicyclic) bond motifs is 1. The number of nitrogens with zero attached hydrogens (tertiary/aromatic N) is 3. The molecular weight excluding hydrogens is 364 g/mol. The van der Waals surface area contributed by atoms with Crippen molar-refractivity contribution in [2.45, 2.75) is 59.9 Å². The summed E-state index contributed by atoms with van der Waals surface area (Å²) in [6.45, 7) is 13.9. The first-order chi connectivity index (χ1) is 13.4. The molecule has 0 bridgehead atoms. The Balaban J connectivity index is 0. The molecular formula is C20H35F2N5O. The van der Waals surface area contributed by atoms with Crippen LogP contribution in [0.4, 0.5) is 14.6 Å². The average Bonchev–Trinajstić information content (AvgIpc) is 3.32. The molecule has 6 nitrogen and oxygen atoms in total. The van der Waals surface area contributed by atoms with Gasteiger partial charge in [-0.1, -0.05) is 34.3 Å². The molecule has 3 rings (SSSR count). The van der Waals surface area contributed by atoms with Crippen LogP contribution in [-0.2, 0) is 4.79 Å². The van der Waals surface area contributed by atoms with Crippen LogP contribution >= 0.6 is 0 Å². The van der Waals surface area contributed by atoms with E-state index in [1.54, 1.807) is 18.1 Å². The number of H-pyrrole nitrogens is 1. The Bertz CT molecular complexity index is 655. The van der Waals surface area contributed by atoms with Crippen molar-refractivity contribution in [3.8, 4) is 0 Å². The first-order valence-electron chi connectivity index (χ1n) is 9.52. The Morgan fingerprint density at radius 1 is 1.36 bits per heavy atom. The second-order valence-electron chi connectivity index (χ2n) is 5.34. The van der Waals surface area contributed by atoms with E-state index in [1.165, 1.54) is 6.08 Å². The SMILES string of the molecule is C=CC=O.CC.CC.CN1CCCC1C(F)F.Cc1[nH]nc2ccnc(N)c12. The number of aryl methyl sites for hydroxylation is 1. The molecule has 0 aromatic carbocycles. The Morgan fingerprint density at radius 2 is 1.93 bits per heavy atom. The lowest BCUT2D eigenvalue weighted by molar-refractivity contribution is -0.104. The molecule has 0 aliphatic carbocycles. The second-order valence-corrected chi connectivity index (χ2v) is 5.34. The van der Waals surface area contributed by atoms with Crippen LogP contribution in [0.15, 0.2) is 24.9 Å². The maximum absolute atomic E-state index is 11.9. The maximum Gasteiger partial charge on any atom is 0.253 e. The molecule has 1 aliphatic rings. The van der Waals surface area contributed by atoms with Gasteiger partial charge in [-0.25, -0.2) is 13.8 Å². The number of rotatable bonds is 2. The molecule has 1 saturated heterocycles. The highest BCUT2D eigenvalue weighted by atomic mass is 19.3. The van der Waals surface area contributed by atoms with Gasteiger partial charge in [0.05, 0.1) is 16.9 Å². The first kappa shape index (κ1) is 27.9. The number of nitrogens with two attached hydrogens (primary N) is 1. The van der Waals surface area contributed by atoms with E-state index in [2.05, 4.69) is 21.8 Å². The molecule has 1 aliphatic heterocycles. The smallest absolute Gasteiger partial charge is 0.253 e. The number of hydrogen-bond acceptors (Lipinski definition) is 5. The van der Waals surface area contributed by atoms with Gasteiger partial charge in [0.1, 0.15) is 12.1 Å². The van der Waals surface area contributed by atoms with E-state index >= 15 is 0 Å². The molecule has 1 fully saturated rings. The van der Waals surface area contributed by atoms with Gasteiger partial charge in [-0.05, 0) is 45.5 Å². The van der Waals surface area contributed by atoms with Crippen LogP contribution in [0.2, 0.25) is 0 Å². The number of aromatic amines is 1. The van der Waals surface area contributed by atoms with E-state index < -0.39 is 12.5 Å². The van der Waals surface area contributed by atoms with E-state index in [0.29, 0.717) is 18.5 Å². The lowest BCUT2D eigenvalue weighted by Crippen LogP contribution is -2.31. The Labute approximate surface area is 167 Å². The largest absolute Gasteiger partial charge is 0.383 e. The van der Waals surface area contributed by atoms with Gasteiger partial charge in [-0.2, -0.15) is 5.10 Å². The minimum atomic E-state index is -2.16. The highest BCUT2D eigenvalue weighted by molar-refractivity contribution is 5.89. The monoisotopic (exact) mass is 399 g/mol. The molecule has 0 amide bonds. The van der Waals surface area contributed by atoms with Crippen LogP contribution < -0.4 is 5.73 Å². The lowest BCUT2D eigenvalue weighted by atomic mass is 10.2. The zero-order valence-electron chi connectivity index (χ0n) is 17.9. The van der Waals surface area contributed by atoms with Gasteiger partial charge in [0.15, 0.2) is 0 Å². The zero-order chi connectivity index (χ0) is 22.1. The fraction of sp³-hybridized carbons (Fsp3) is 0.550. The van der Waals surface area contributed by atoms with E-state index in [4.69, 9.17) is 10.5 Å². The van der Waals surface area contributed by atoms with Crippen LogP contribution in [0, 0.1) is 6.92 Å². The molecule has 2 aromatic rings.